The zero-order valence-electron chi connectivity index (χ0n) is 11.0. The van der Waals surface area contributed by atoms with Crippen molar-refractivity contribution in [1.29, 1.82) is 0 Å². The standard InChI is InChI=1S/C12H15N5O2/c1-7(2)9-8(6-17(3)16-9)15-11-10(12(18)19)13-4-5-14-11/h4-7H,1-3H3,(H,14,15)(H,18,19). The number of carboxylic acid groups (broad SMARTS) is 1. The maximum absolute atomic E-state index is 11.1. The van der Waals surface area contributed by atoms with Crippen LogP contribution in [0, 0.1) is 0 Å². The highest BCUT2D eigenvalue weighted by Gasteiger charge is 2.17. The van der Waals surface area contributed by atoms with Crippen molar-refractivity contribution < 1.29 is 9.90 Å². The van der Waals surface area contributed by atoms with E-state index in [-0.39, 0.29) is 17.4 Å². The molecule has 19 heavy (non-hydrogen) atoms. The van der Waals surface area contributed by atoms with Crippen LogP contribution in [-0.4, -0.2) is 30.8 Å². The van der Waals surface area contributed by atoms with Gasteiger partial charge in [0.1, 0.15) is 0 Å². The molecule has 2 heterocycles. The largest absolute Gasteiger partial charge is 0.476 e. The molecule has 2 N–H and O–H groups in total. The quantitative estimate of drug-likeness (QED) is 0.871. The molecule has 0 fully saturated rings. The first-order chi connectivity index (χ1) is 8.99. The highest BCUT2D eigenvalue weighted by atomic mass is 16.4. The third-order valence-electron chi connectivity index (χ3n) is 2.56. The molecule has 7 nitrogen and oxygen atoms in total. The van der Waals surface area contributed by atoms with Crippen molar-refractivity contribution in [3.8, 4) is 0 Å². The SMILES string of the molecule is CC(C)c1nn(C)cc1Nc1nccnc1C(=O)O. The molecule has 2 aromatic heterocycles. The van der Waals surface area contributed by atoms with Crippen molar-refractivity contribution in [3.63, 3.8) is 0 Å². The zero-order chi connectivity index (χ0) is 14.0. The molecule has 0 amide bonds. The fraction of sp³-hybridized carbons (Fsp3) is 0.333. The maximum atomic E-state index is 11.1. The lowest BCUT2D eigenvalue weighted by molar-refractivity contribution is 0.0691. The van der Waals surface area contributed by atoms with E-state index < -0.39 is 5.97 Å². The van der Waals surface area contributed by atoms with Crippen LogP contribution >= 0.6 is 0 Å². The van der Waals surface area contributed by atoms with Crippen LogP contribution in [0.1, 0.15) is 35.9 Å². The molecule has 0 saturated carbocycles. The lowest BCUT2D eigenvalue weighted by Crippen LogP contribution is -2.07. The van der Waals surface area contributed by atoms with E-state index >= 15 is 0 Å². The Morgan fingerprint density at radius 3 is 2.68 bits per heavy atom. The fourth-order valence-electron chi connectivity index (χ4n) is 1.74. The van der Waals surface area contributed by atoms with Gasteiger partial charge in [0, 0.05) is 25.6 Å². The van der Waals surface area contributed by atoms with Gasteiger partial charge in [0.15, 0.2) is 11.5 Å². The Morgan fingerprint density at radius 2 is 2.05 bits per heavy atom. The van der Waals surface area contributed by atoms with Crippen molar-refractivity contribution >= 4 is 17.5 Å². The van der Waals surface area contributed by atoms with Crippen molar-refractivity contribution in [3.05, 3.63) is 30.0 Å². The Balaban J connectivity index is 2.39. The van der Waals surface area contributed by atoms with Crippen LogP contribution in [0.4, 0.5) is 11.5 Å². The van der Waals surface area contributed by atoms with E-state index in [1.165, 1.54) is 12.4 Å². The molecule has 0 atom stereocenters. The Morgan fingerprint density at radius 1 is 1.37 bits per heavy atom. The number of rotatable bonds is 4. The number of anilines is 2. The van der Waals surface area contributed by atoms with Gasteiger partial charge in [-0.3, -0.25) is 4.68 Å². The number of hydrogen-bond donors (Lipinski definition) is 2. The third kappa shape index (κ3) is 2.70. The first-order valence-electron chi connectivity index (χ1n) is 5.84. The lowest BCUT2D eigenvalue weighted by Gasteiger charge is -2.08. The number of aromatic nitrogens is 4. The first kappa shape index (κ1) is 13.0. The molecule has 0 spiro atoms. The van der Waals surface area contributed by atoms with Crippen LogP contribution in [0.3, 0.4) is 0 Å². The predicted molar refractivity (Wildman–Crippen MR) is 69.6 cm³/mol. The Hall–Kier alpha value is -2.44. The average molecular weight is 261 g/mol. The third-order valence-corrected chi connectivity index (χ3v) is 2.56. The van der Waals surface area contributed by atoms with E-state index in [1.54, 1.807) is 10.9 Å². The van der Waals surface area contributed by atoms with Gasteiger partial charge in [-0.25, -0.2) is 14.8 Å². The Labute approximate surface area is 110 Å². The molecule has 0 aliphatic carbocycles. The lowest BCUT2D eigenvalue weighted by atomic mass is 10.1. The molecule has 0 aliphatic rings. The second-order valence-corrected chi connectivity index (χ2v) is 4.44. The predicted octanol–water partition coefficient (Wildman–Crippen LogP) is 1.78. The summed E-state index contributed by atoms with van der Waals surface area (Å²) in [4.78, 5) is 18.9. The summed E-state index contributed by atoms with van der Waals surface area (Å²) in [6.45, 7) is 4.03. The Kier molecular flexibility index (Phi) is 3.46. The first-order valence-corrected chi connectivity index (χ1v) is 5.84. The van der Waals surface area contributed by atoms with Gasteiger partial charge in [-0.1, -0.05) is 13.8 Å². The van der Waals surface area contributed by atoms with Gasteiger partial charge in [-0.2, -0.15) is 5.10 Å². The monoisotopic (exact) mass is 261 g/mol. The topological polar surface area (TPSA) is 92.9 Å². The minimum Gasteiger partial charge on any atom is -0.476 e. The summed E-state index contributed by atoms with van der Waals surface area (Å²) in [5.41, 5.74) is 1.48. The average Bonchev–Trinajstić information content (AvgIpc) is 2.71. The minimum absolute atomic E-state index is 0.110. The van der Waals surface area contributed by atoms with E-state index in [0.717, 1.165) is 11.4 Å². The number of nitrogens with zero attached hydrogens (tertiary/aromatic N) is 4. The fourth-order valence-corrected chi connectivity index (χ4v) is 1.74. The summed E-state index contributed by atoms with van der Waals surface area (Å²) in [7, 11) is 1.81. The molecule has 2 rings (SSSR count). The number of carboxylic acids is 1. The van der Waals surface area contributed by atoms with Crippen LogP contribution in [0.5, 0.6) is 0 Å². The molecule has 0 saturated heterocycles. The number of carbonyl (C=O) groups is 1. The molecule has 0 aliphatic heterocycles. The summed E-state index contributed by atoms with van der Waals surface area (Å²) in [5.74, 6) is -0.691. The second kappa shape index (κ2) is 5.05. The zero-order valence-corrected chi connectivity index (χ0v) is 11.0. The van der Waals surface area contributed by atoms with Crippen LogP contribution in [-0.2, 0) is 7.05 Å². The van der Waals surface area contributed by atoms with Crippen LogP contribution in [0.15, 0.2) is 18.6 Å². The van der Waals surface area contributed by atoms with Gasteiger partial charge < -0.3 is 10.4 Å². The molecule has 100 valence electrons. The van der Waals surface area contributed by atoms with Crippen molar-refractivity contribution in [2.45, 2.75) is 19.8 Å². The number of hydrogen-bond acceptors (Lipinski definition) is 5. The Bertz CT molecular complexity index is 606. The molecule has 0 bridgehead atoms. The molecule has 0 unspecified atom stereocenters. The van der Waals surface area contributed by atoms with Crippen molar-refractivity contribution in [2.75, 3.05) is 5.32 Å². The molecule has 7 heteroatoms. The molecule has 0 radical (unpaired) electrons. The number of aryl methyl sites for hydroxylation is 1. The maximum Gasteiger partial charge on any atom is 0.358 e. The van der Waals surface area contributed by atoms with Crippen molar-refractivity contribution in [2.24, 2.45) is 7.05 Å². The molecular formula is C12H15N5O2. The van der Waals surface area contributed by atoms with Gasteiger partial charge in [-0.05, 0) is 5.92 Å². The van der Waals surface area contributed by atoms with Gasteiger partial charge >= 0.3 is 5.97 Å². The molecule has 2 aromatic rings. The van der Waals surface area contributed by atoms with Gasteiger partial charge in [0.25, 0.3) is 0 Å². The molecule has 0 aromatic carbocycles. The summed E-state index contributed by atoms with van der Waals surface area (Å²) >= 11 is 0. The van der Waals surface area contributed by atoms with Crippen molar-refractivity contribution in [1.82, 2.24) is 19.7 Å². The van der Waals surface area contributed by atoms with Gasteiger partial charge in [0.2, 0.25) is 0 Å². The van der Waals surface area contributed by atoms with E-state index in [0.29, 0.717) is 0 Å². The highest BCUT2D eigenvalue weighted by molar-refractivity contribution is 5.91. The van der Waals surface area contributed by atoms with E-state index in [1.807, 2.05) is 20.9 Å². The summed E-state index contributed by atoms with van der Waals surface area (Å²) in [6, 6.07) is 0. The van der Waals surface area contributed by atoms with Crippen LogP contribution < -0.4 is 5.32 Å². The number of aromatic carboxylic acids is 1. The van der Waals surface area contributed by atoms with E-state index in [4.69, 9.17) is 5.11 Å². The summed E-state index contributed by atoms with van der Waals surface area (Å²) in [5, 5.41) is 16.4. The van der Waals surface area contributed by atoms with Crippen LogP contribution in [0.2, 0.25) is 0 Å². The number of nitrogens with one attached hydrogen (secondary N) is 1. The van der Waals surface area contributed by atoms with Crippen LogP contribution in [0.25, 0.3) is 0 Å². The normalized spacial score (nSPS) is 10.7. The summed E-state index contributed by atoms with van der Waals surface area (Å²) in [6.07, 6.45) is 4.58. The second-order valence-electron chi connectivity index (χ2n) is 4.44. The van der Waals surface area contributed by atoms with E-state index in [9.17, 15) is 4.79 Å². The summed E-state index contributed by atoms with van der Waals surface area (Å²) < 4.78 is 1.68. The van der Waals surface area contributed by atoms with E-state index in [2.05, 4.69) is 20.4 Å². The van der Waals surface area contributed by atoms with Gasteiger partial charge in [0.05, 0.1) is 11.4 Å². The highest BCUT2D eigenvalue weighted by Crippen LogP contribution is 2.25. The minimum atomic E-state index is -1.12. The smallest absolute Gasteiger partial charge is 0.358 e. The molecular weight excluding hydrogens is 246 g/mol. The van der Waals surface area contributed by atoms with Gasteiger partial charge in [-0.15, -0.1) is 0 Å².